The third-order valence-electron chi connectivity index (χ3n) is 6.79. The number of aromatic nitrogens is 1. The van der Waals surface area contributed by atoms with E-state index >= 15 is 0 Å². The zero-order valence-electron chi connectivity index (χ0n) is 19.0. The second-order valence-corrected chi connectivity index (χ2v) is 8.90. The molecule has 1 spiro atoms. The topological polar surface area (TPSA) is 90.1 Å². The lowest BCUT2D eigenvalue weighted by molar-refractivity contribution is -0.136. The quantitative estimate of drug-likeness (QED) is 0.545. The van der Waals surface area contributed by atoms with Crippen molar-refractivity contribution in [3.63, 3.8) is 0 Å². The molecule has 2 saturated heterocycles. The molecular formula is C26H28N4O4. The van der Waals surface area contributed by atoms with Crippen LogP contribution in [0.25, 0.3) is 0 Å². The summed E-state index contributed by atoms with van der Waals surface area (Å²) in [7, 11) is 0. The molecule has 1 N–H and O–H groups in total. The molecule has 5 rings (SSSR count). The maximum Gasteiger partial charge on any atom is 0.328 e. The Morgan fingerprint density at radius 1 is 0.882 bits per heavy atom. The van der Waals surface area contributed by atoms with E-state index in [1.165, 1.54) is 4.90 Å². The molecule has 3 amide bonds. The van der Waals surface area contributed by atoms with E-state index in [2.05, 4.69) is 9.88 Å². The van der Waals surface area contributed by atoms with E-state index in [4.69, 9.17) is 4.42 Å². The summed E-state index contributed by atoms with van der Waals surface area (Å²) in [5.41, 5.74) is 0.825. The second kappa shape index (κ2) is 9.40. The van der Waals surface area contributed by atoms with Gasteiger partial charge in [-0.2, -0.15) is 0 Å². The lowest BCUT2D eigenvalue weighted by Gasteiger charge is -2.42. The molecule has 2 aromatic heterocycles. The van der Waals surface area contributed by atoms with Crippen LogP contribution in [0.5, 0.6) is 0 Å². The predicted octanol–water partition coefficient (Wildman–Crippen LogP) is 3.17. The molecule has 8 heteroatoms. The van der Waals surface area contributed by atoms with Crippen molar-refractivity contribution in [2.45, 2.75) is 44.6 Å². The summed E-state index contributed by atoms with van der Waals surface area (Å²) in [5.74, 6) is 1.19. The van der Waals surface area contributed by atoms with Gasteiger partial charge in [-0.1, -0.05) is 36.4 Å². The molecular weight excluding hydrogens is 432 g/mol. The summed E-state index contributed by atoms with van der Waals surface area (Å²) in [6.07, 6.45) is 2.78. The molecule has 2 aliphatic heterocycles. The summed E-state index contributed by atoms with van der Waals surface area (Å²) < 4.78 is 5.64. The Balaban J connectivity index is 1.37. The number of urea groups is 1. The average Bonchev–Trinajstić information content (AvgIpc) is 3.40. The average molecular weight is 461 g/mol. The van der Waals surface area contributed by atoms with Gasteiger partial charge in [0.25, 0.3) is 5.91 Å². The van der Waals surface area contributed by atoms with Crippen LogP contribution in [0.4, 0.5) is 4.79 Å². The first-order valence-electron chi connectivity index (χ1n) is 11.6. The molecule has 2 aliphatic rings. The van der Waals surface area contributed by atoms with Gasteiger partial charge < -0.3 is 14.4 Å². The summed E-state index contributed by atoms with van der Waals surface area (Å²) in [5, 5.41) is 9.24. The minimum absolute atomic E-state index is 0.125. The Kier molecular flexibility index (Phi) is 6.17. The number of carbonyl (C=O) groups is 2. The number of nitrogens with zero attached hydrogens (tertiary/aromatic N) is 4. The van der Waals surface area contributed by atoms with Gasteiger partial charge >= 0.3 is 6.03 Å². The lowest BCUT2D eigenvalue weighted by atomic mass is 9.85. The second-order valence-electron chi connectivity index (χ2n) is 8.90. The number of aliphatic hydroxyl groups excluding tert-OH is 1. The summed E-state index contributed by atoms with van der Waals surface area (Å²) in [6, 6.07) is 18.7. The highest BCUT2D eigenvalue weighted by Crippen LogP contribution is 2.39. The maximum absolute atomic E-state index is 13.8. The number of benzene rings is 1. The lowest BCUT2D eigenvalue weighted by Crippen LogP contribution is -2.56. The van der Waals surface area contributed by atoms with Gasteiger partial charge in [0.2, 0.25) is 0 Å². The number of piperidine rings is 1. The predicted molar refractivity (Wildman–Crippen MR) is 124 cm³/mol. The Morgan fingerprint density at radius 2 is 1.62 bits per heavy atom. The van der Waals surface area contributed by atoms with Crippen LogP contribution in [-0.2, 0) is 31.0 Å². The Bertz CT molecular complexity index is 1140. The number of carbonyl (C=O) groups excluding carboxylic acids is 2. The molecule has 3 aromatic rings. The Labute approximate surface area is 198 Å². The molecule has 8 nitrogen and oxygen atoms in total. The van der Waals surface area contributed by atoms with E-state index in [0.717, 1.165) is 11.3 Å². The van der Waals surface area contributed by atoms with Gasteiger partial charge in [0.15, 0.2) is 0 Å². The first-order chi connectivity index (χ1) is 16.6. The van der Waals surface area contributed by atoms with Crippen molar-refractivity contribution in [2.24, 2.45) is 0 Å². The maximum atomic E-state index is 13.8. The smallest absolute Gasteiger partial charge is 0.328 e. The van der Waals surface area contributed by atoms with Gasteiger partial charge in [-0.25, -0.2) is 4.79 Å². The van der Waals surface area contributed by atoms with Crippen LogP contribution >= 0.6 is 0 Å². The molecule has 0 radical (unpaired) electrons. The molecule has 34 heavy (non-hydrogen) atoms. The van der Waals surface area contributed by atoms with E-state index in [1.54, 1.807) is 17.2 Å². The fourth-order valence-corrected chi connectivity index (χ4v) is 4.94. The fourth-order valence-electron chi connectivity index (χ4n) is 4.94. The van der Waals surface area contributed by atoms with Crippen LogP contribution in [0, 0.1) is 0 Å². The fraction of sp³-hybridized carbons (Fsp3) is 0.346. The van der Waals surface area contributed by atoms with Gasteiger partial charge in [0.1, 0.15) is 23.7 Å². The van der Waals surface area contributed by atoms with Crippen LogP contribution in [0.1, 0.15) is 35.6 Å². The van der Waals surface area contributed by atoms with E-state index in [9.17, 15) is 14.7 Å². The molecule has 0 saturated carbocycles. The van der Waals surface area contributed by atoms with Crippen molar-refractivity contribution in [1.29, 1.82) is 0 Å². The molecule has 2 fully saturated rings. The van der Waals surface area contributed by atoms with Crippen molar-refractivity contribution < 1.29 is 19.1 Å². The Morgan fingerprint density at radius 3 is 2.29 bits per heavy atom. The number of amides is 3. The van der Waals surface area contributed by atoms with E-state index < -0.39 is 5.54 Å². The number of rotatable bonds is 7. The largest absolute Gasteiger partial charge is 0.462 e. The molecule has 0 bridgehead atoms. The van der Waals surface area contributed by atoms with Crippen LogP contribution in [0.2, 0.25) is 0 Å². The van der Waals surface area contributed by atoms with Crippen molar-refractivity contribution >= 4 is 11.9 Å². The molecule has 1 aromatic carbocycles. The Hall–Kier alpha value is -3.49. The summed E-state index contributed by atoms with van der Waals surface area (Å²) in [6.45, 7) is 2.37. The molecule has 0 aliphatic carbocycles. The minimum atomic E-state index is -0.863. The van der Waals surface area contributed by atoms with Crippen molar-refractivity contribution in [3.8, 4) is 0 Å². The van der Waals surface area contributed by atoms with E-state index in [1.807, 2.05) is 54.6 Å². The van der Waals surface area contributed by atoms with E-state index in [0.29, 0.717) is 50.5 Å². The highest BCUT2D eigenvalue weighted by molar-refractivity contribution is 6.07. The number of hydrogen-bond donors (Lipinski definition) is 1. The van der Waals surface area contributed by atoms with Gasteiger partial charge in [0, 0.05) is 25.8 Å². The molecule has 4 heterocycles. The van der Waals surface area contributed by atoms with Crippen LogP contribution < -0.4 is 0 Å². The third kappa shape index (κ3) is 4.22. The van der Waals surface area contributed by atoms with Gasteiger partial charge in [0.05, 0.1) is 18.8 Å². The number of imide groups is 1. The summed E-state index contributed by atoms with van der Waals surface area (Å²) >= 11 is 0. The minimum Gasteiger partial charge on any atom is -0.462 e. The van der Waals surface area contributed by atoms with Crippen LogP contribution in [0.3, 0.4) is 0 Å². The highest BCUT2D eigenvalue weighted by atomic mass is 16.4. The van der Waals surface area contributed by atoms with E-state index in [-0.39, 0.29) is 25.1 Å². The first-order valence-corrected chi connectivity index (χ1v) is 11.6. The normalized spacial score (nSPS) is 18.3. The van der Waals surface area contributed by atoms with Crippen molar-refractivity contribution in [3.05, 3.63) is 89.6 Å². The molecule has 0 atom stereocenters. The third-order valence-corrected chi connectivity index (χ3v) is 6.79. The first kappa shape index (κ1) is 22.3. The number of aliphatic hydroxyl groups is 1. The van der Waals surface area contributed by atoms with Crippen molar-refractivity contribution in [2.75, 3.05) is 13.1 Å². The highest BCUT2D eigenvalue weighted by Gasteiger charge is 2.57. The number of likely N-dealkylation sites (tertiary alicyclic amines) is 1. The zero-order valence-corrected chi connectivity index (χ0v) is 19.0. The monoisotopic (exact) mass is 460 g/mol. The zero-order chi connectivity index (χ0) is 23.5. The molecule has 0 unspecified atom stereocenters. The number of furan rings is 1. The van der Waals surface area contributed by atoms with Gasteiger partial charge in [-0.3, -0.25) is 19.6 Å². The van der Waals surface area contributed by atoms with Crippen LogP contribution in [0.15, 0.2) is 71.3 Å². The molecule has 176 valence electrons. The van der Waals surface area contributed by atoms with Gasteiger partial charge in [-0.05, 0) is 42.7 Å². The van der Waals surface area contributed by atoms with Gasteiger partial charge in [-0.15, -0.1) is 0 Å². The number of pyridine rings is 1. The standard InChI is InChI=1S/C26H28N4O4/c31-19-23-10-9-22(34-23)18-28-14-11-26(12-15-28)24(32)29(17-21-8-4-5-13-27-21)25(33)30(26)16-20-6-2-1-3-7-20/h1-10,13,31H,11-12,14-19H2. The SMILES string of the molecule is O=C1N(Cc2ccccn2)C(=O)C2(CCN(Cc3ccc(CO)o3)CC2)N1Cc1ccccc1. The number of hydrogen-bond acceptors (Lipinski definition) is 6. The summed E-state index contributed by atoms with van der Waals surface area (Å²) in [4.78, 5) is 37.0. The van der Waals surface area contributed by atoms with Crippen LogP contribution in [-0.4, -0.2) is 55.4 Å². The van der Waals surface area contributed by atoms with Crippen molar-refractivity contribution in [1.82, 2.24) is 19.7 Å².